The largest absolute Gasteiger partial charge is 0.454 e. The minimum absolute atomic E-state index is 0.0830. The number of benzene rings is 2. The molecular formula is C18H14N2O3S2. The van der Waals surface area contributed by atoms with Crippen molar-refractivity contribution in [3.8, 4) is 22.8 Å². The van der Waals surface area contributed by atoms with E-state index in [1.165, 1.54) is 11.8 Å². The summed E-state index contributed by atoms with van der Waals surface area (Å²) in [4.78, 5) is 16.7. The highest BCUT2D eigenvalue weighted by Gasteiger charge is 2.14. The van der Waals surface area contributed by atoms with Crippen molar-refractivity contribution in [2.75, 3.05) is 17.9 Å². The van der Waals surface area contributed by atoms with Crippen LogP contribution in [-0.2, 0) is 4.79 Å². The Labute approximate surface area is 153 Å². The van der Waals surface area contributed by atoms with Gasteiger partial charge in [0.05, 0.1) is 11.4 Å². The number of rotatable bonds is 5. The third kappa shape index (κ3) is 3.78. The summed E-state index contributed by atoms with van der Waals surface area (Å²) >= 11 is 2.97. The number of thiazole rings is 1. The van der Waals surface area contributed by atoms with E-state index in [4.69, 9.17) is 9.47 Å². The predicted octanol–water partition coefficient (Wildman–Crippen LogP) is 4.27. The van der Waals surface area contributed by atoms with Crippen molar-refractivity contribution < 1.29 is 14.3 Å². The van der Waals surface area contributed by atoms with E-state index in [1.54, 1.807) is 29.5 Å². The minimum atomic E-state index is -0.0830. The number of fused-ring (bicyclic) bond motifs is 1. The van der Waals surface area contributed by atoms with Gasteiger partial charge in [0.15, 0.2) is 15.8 Å². The van der Waals surface area contributed by atoms with E-state index in [0.29, 0.717) is 22.9 Å². The molecule has 0 atom stereocenters. The Bertz CT molecular complexity index is 896. The lowest BCUT2D eigenvalue weighted by molar-refractivity contribution is -0.113. The Morgan fingerprint density at radius 3 is 2.88 bits per heavy atom. The third-order valence-corrected chi connectivity index (χ3v) is 5.56. The second-order valence-corrected chi connectivity index (χ2v) is 7.35. The van der Waals surface area contributed by atoms with Crippen molar-refractivity contribution in [1.29, 1.82) is 0 Å². The lowest BCUT2D eigenvalue weighted by Crippen LogP contribution is -2.13. The number of hydrogen-bond acceptors (Lipinski definition) is 6. The number of carbonyl (C=O) groups excluding carboxylic acids is 1. The number of hydrogen-bond donors (Lipinski definition) is 1. The van der Waals surface area contributed by atoms with Gasteiger partial charge < -0.3 is 14.8 Å². The maximum absolute atomic E-state index is 12.1. The van der Waals surface area contributed by atoms with E-state index in [9.17, 15) is 4.79 Å². The molecule has 0 fully saturated rings. The molecule has 1 aliphatic heterocycles. The number of nitrogens with one attached hydrogen (secondary N) is 1. The summed E-state index contributed by atoms with van der Waals surface area (Å²) in [6.07, 6.45) is 0. The minimum Gasteiger partial charge on any atom is -0.454 e. The summed E-state index contributed by atoms with van der Waals surface area (Å²) in [5, 5.41) is 4.87. The Kier molecular flexibility index (Phi) is 4.58. The van der Waals surface area contributed by atoms with Gasteiger partial charge in [0.2, 0.25) is 12.7 Å². The maximum atomic E-state index is 12.1. The zero-order valence-electron chi connectivity index (χ0n) is 13.1. The topological polar surface area (TPSA) is 60.5 Å². The number of ether oxygens (including phenoxy) is 2. The summed E-state index contributed by atoms with van der Waals surface area (Å²) in [6.45, 7) is 0.219. The molecule has 0 saturated heterocycles. The zero-order chi connectivity index (χ0) is 17.1. The van der Waals surface area contributed by atoms with E-state index < -0.39 is 0 Å². The van der Waals surface area contributed by atoms with Crippen LogP contribution in [0.2, 0.25) is 0 Å². The zero-order valence-corrected chi connectivity index (χ0v) is 14.7. The van der Waals surface area contributed by atoms with Gasteiger partial charge in [-0.25, -0.2) is 4.98 Å². The van der Waals surface area contributed by atoms with E-state index in [0.717, 1.165) is 15.6 Å². The standard InChI is InChI=1S/C18H14N2O3S2/c21-17(19-13-6-7-15-16(8-13)23-11-22-15)10-25-18-20-14(9-24-18)12-4-2-1-3-5-12/h1-9H,10-11H2,(H,19,21). The smallest absolute Gasteiger partial charge is 0.234 e. The lowest BCUT2D eigenvalue weighted by Gasteiger charge is -2.05. The van der Waals surface area contributed by atoms with Gasteiger partial charge in [-0.15, -0.1) is 11.3 Å². The first kappa shape index (κ1) is 16.0. The van der Waals surface area contributed by atoms with Gasteiger partial charge in [-0.05, 0) is 12.1 Å². The van der Waals surface area contributed by atoms with E-state index in [1.807, 2.05) is 35.7 Å². The second kappa shape index (κ2) is 7.16. The van der Waals surface area contributed by atoms with Crippen LogP contribution in [0.15, 0.2) is 58.3 Å². The molecule has 0 radical (unpaired) electrons. The van der Waals surface area contributed by atoms with Gasteiger partial charge in [-0.3, -0.25) is 4.79 Å². The average molecular weight is 370 g/mol. The fourth-order valence-corrected chi connectivity index (χ4v) is 4.00. The maximum Gasteiger partial charge on any atom is 0.234 e. The number of thioether (sulfide) groups is 1. The monoisotopic (exact) mass is 370 g/mol. The molecule has 2 aromatic carbocycles. The first-order chi connectivity index (χ1) is 12.3. The average Bonchev–Trinajstić information content (AvgIpc) is 3.30. The van der Waals surface area contributed by atoms with Crippen LogP contribution in [0.4, 0.5) is 5.69 Å². The van der Waals surface area contributed by atoms with Gasteiger partial charge in [-0.2, -0.15) is 0 Å². The van der Waals surface area contributed by atoms with Crippen LogP contribution in [0.1, 0.15) is 0 Å². The molecule has 4 rings (SSSR count). The van der Waals surface area contributed by atoms with Crippen LogP contribution in [0, 0.1) is 0 Å². The molecule has 3 aromatic rings. The van der Waals surface area contributed by atoms with Crippen molar-refractivity contribution in [3.05, 3.63) is 53.9 Å². The molecule has 0 aliphatic carbocycles. The van der Waals surface area contributed by atoms with Crippen LogP contribution < -0.4 is 14.8 Å². The van der Waals surface area contributed by atoms with Crippen LogP contribution in [0.25, 0.3) is 11.3 Å². The molecule has 2 heterocycles. The molecule has 0 unspecified atom stereocenters. The molecule has 0 bridgehead atoms. The van der Waals surface area contributed by atoms with Crippen LogP contribution in [0.3, 0.4) is 0 Å². The highest BCUT2D eigenvalue weighted by Crippen LogP contribution is 2.34. The summed E-state index contributed by atoms with van der Waals surface area (Å²) in [7, 11) is 0. The fraction of sp³-hybridized carbons (Fsp3) is 0.111. The first-order valence-electron chi connectivity index (χ1n) is 7.61. The molecule has 1 N–H and O–H groups in total. The van der Waals surface area contributed by atoms with Crippen LogP contribution >= 0.6 is 23.1 Å². The number of anilines is 1. The lowest BCUT2D eigenvalue weighted by atomic mass is 10.2. The molecule has 1 aliphatic rings. The SMILES string of the molecule is O=C(CSc1nc(-c2ccccc2)cs1)Nc1ccc2c(c1)OCO2. The van der Waals surface area contributed by atoms with E-state index in [-0.39, 0.29) is 12.7 Å². The van der Waals surface area contributed by atoms with Crippen molar-refractivity contribution >= 4 is 34.7 Å². The molecule has 1 aromatic heterocycles. The summed E-state index contributed by atoms with van der Waals surface area (Å²) < 4.78 is 11.4. The molecule has 5 nitrogen and oxygen atoms in total. The molecule has 126 valence electrons. The molecule has 25 heavy (non-hydrogen) atoms. The number of nitrogens with zero attached hydrogens (tertiary/aromatic N) is 1. The van der Waals surface area contributed by atoms with Crippen LogP contribution in [0.5, 0.6) is 11.5 Å². The van der Waals surface area contributed by atoms with Crippen LogP contribution in [-0.4, -0.2) is 23.4 Å². The molecule has 0 spiro atoms. The van der Waals surface area contributed by atoms with Gasteiger partial charge in [0, 0.05) is 22.7 Å². The number of aromatic nitrogens is 1. The Morgan fingerprint density at radius 1 is 1.16 bits per heavy atom. The first-order valence-corrected chi connectivity index (χ1v) is 9.48. The Morgan fingerprint density at radius 2 is 2.00 bits per heavy atom. The fourth-order valence-electron chi connectivity index (χ4n) is 2.36. The number of carbonyl (C=O) groups is 1. The normalized spacial score (nSPS) is 12.2. The van der Waals surface area contributed by atoms with Crippen molar-refractivity contribution in [1.82, 2.24) is 4.98 Å². The van der Waals surface area contributed by atoms with Crippen molar-refractivity contribution in [2.45, 2.75) is 4.34 Å². The summed E-state index contributed by atoms with van der Waals surface area (Å²) in [5.74, 6) is 1.57. The number of amides is 1. The molecule has 7 heteroatoms. The predicted molar refractivity (Wildman–Crippen MR) is 99.5 cm³/mol. The third-order valence-electron chi connectivity index (χ3n) is 3.54. The quantitative estimate of drug-likeness (QED) is 0.680. The van der Waals surface area contributed by atoms with Crippen molar-refractivity contribution in [2.24, 2.45) is 0 Å². The van der Waals surface area contributed by atoms with Gasteiger partial charge >= 0.3 is 0 Å². The highest BCUT2D eigenvalue weighted by atomic mass is 32.2. The highest BCUT2D eigenvalue weighted by molar-refractivity contribution is 8.01. The van der Waals surface area contributed by atoms with E-state index in [2.05, 4.69) is 10.3 Å². The summed E-state index contributed by atoms with van der Waals surface area (Å²) in [5.41, 5.74) is 2.71. The Hall–Kier alpha value is -2.51. The van der Waals surface area contributed by atoms with Crippen molar-refractivity contribution in [3.63, 3.8) is 0 Å². The van der Waals surface area contributed by atoms with E-state index >= 15 is 0 Å². The summed E-state index contributed by atoms with van der Waals surface area (Å²) in [6, 6.07) is 15.4. The molecule has 0 saturated carbocycles. The Balaban J connectivity index is 1.34. The molecule has 1 amide bonds. The van der Waals surface area contributed by atoms with Gasteiger partial charge in [-0.1, -0.05) is 42.1 Å². The second-order valence-electron chi connectivity index (χ2n) is 5.27. The van der Waals surface area contributed by atoms with Gasteiger partial charge in [0.1, 0.15) is 0 Å². The van der Waals surface area contributed by atoms with Gasteiger partial charge in [0.25, 0.3) is 0 Å². The molecular weight excluding hydrogens is 356 g/mol.